The van der Waals surface area contributed by atoms with Gasteiger partial charge >= 0.3 is 0 Å². The van der Waals surface area contributed by atoms with Crippen molar-refractivity contribution in [2.75, 3.05) is 0 Å². The minimum Gasteiger partial charge on any atom is -0.378 e. The summed E-state index contributed by atoms with van der Waals surface area (Å²) < 4.78 is 30.2. The van der Waals surface area contributed by atoms with E-state index in [0.717, 1.165) is 0 Å². The van der Waals surface area contributed by atoms with E-state index in [1.165, 1.54) is 0 Å². The number of aromatic nitrogens is 1. The number of nitrogens with zero attached hydrogens (tertiary/aromatic N) is 1. The van der Waals surface area contributed by atoms with Gasteiger partial charge in [-0.15, -0.1) is 0 Å². The standard InChI is InChI=1S/C17H34N2O2SSi/c1-13(2)23(14(3)4,15(5)6)19-11-10-16(12-19)22(20,21)18-17(7,8)9/h10-15,18H,1-9H3. The quantitative estimate of drug-likeness (QED) is 0.756. The average molecular weight is 359 g/mol. The normalized spacial score (nSPS) is 14.3. The van der Waals surface area contributed by atoms with E-state index in [4.69, 9.17) is 0 Å². The third-order valence-electron chi connectivity index (χ3n) is 4.64. The molecule has 0 spiro atoms. The van der Waals surface area contributed by atoms with E-state index in [-0.39, 0.29) is 0 Å². The molecule has 1 rings (SSSR count). The summed E-state index contributed by atoms with van der Waals surface area (Å²) in [5.74, 6) is 0. The second kappa shape index (κ2) is 6.73. The molecule has 1 heterocycles. The van der Waals surface area contributed by atoms with Crippen molar-refractivity contribution in [3.63, 3.8) is 0 Å². The molecule has 0 unspecified atom stereocenters. The zero-order valence-corrected chi connectivity index (χ0v) is 18.0. The van der Waals surface area contributed by atoms with Gasteiger partial charge in [-0.05, 0) is 49.7 Å². The fourth-order valence-corrected chi connectivity index (χ4v) is 12.1. The zero-order chi connectivity index (χ0) is 18.2. The highest BCUT2D eigenvalue weighted by atomic mass is 32.2. The molecule has 0 atom stereocenters. The molecule has 23 heavy (non-hydrogen) atoms. The van der Waals surface area contributed by atoms with Gasteiger partial charge in [-0.1, -0.05) is 41.5 Å². The Kier molecular flexibility index (Phi) is 5.98. The van der Waals surface area contributed by atoms with Gasteiger partial charge in [0.1, 0.15) is 0 Å². The highest BCUT2D eigenvalue weighted by Crippen LogP contribution is 2.42. The Hall–Kier alpha value is -0.593. The number of sulfonamides is 1. The maximum absolute atomic E-state index is 12.6. The Morgan fingerprint density at radius 2 is 1.43 bits per heavy atom. The molecule has 134 valence electrons. The van der Waals surface area contributed by atoms with Crippen molar-refractivity contribution in [2.45, 2.75) is 89.4 Å². The van der Waals surface area contributed by atoms with Gasteiger partial charge in [0.25, 0.3) is 0 Å². The Bertz CT molecular complexity index is 603. The number of nitrogens with one attached hydrogen (secondary N) is 1. The number of hydrogen-bond donors (Lipinski definition) is 1. The van der Waals surface area contributed by atoms with Gasteiger partial charge < -0.3 is 4.23 Å². The summed E-state index contributed by atoms with van der Waals surface area (Å²) in [5, 5.41) is 0. The third kappa shape index (κ3) is 4.09. The van der Waals surface area contributed by atoms with Gasteiger partial charge in [0.05, 0.1) is 4.90 Å². The maximum atomic E-state index is 12.6. The first-order valence-electron chi connectivity index (χ1n) is 8.47. The van der Waals surface area contributed by atoms with E-state index in [1.807, 2.05) is 33.2 Å². The third-order valence-corrected chi connectivity index (χ3v) is 13.1. The molecule has 0 aliphatic carbocycles. The summed E-state index contributed by atoms with van der Waals surface area (Å²) in [7, 11) is -5.38. The molecule has 0 fully saturated rings. The topological polar surface area (TPSA) is 51.1 Å². The lowest BCUT2D eigenvalue weighted by Gasteiger charge is -2.44. The molecule has 0 bridgehead atoms. The molecule has 1 aromatic rings. The predicted octanol–water partition coefficient (Wildman–Crippen LogP) is 4.59. The van der Waals surface area contributed by atoms with Crippen molar-refractivity contribution in [1.29, 1.82) is 0 Å². The summed E-state index contributed by atoms with van der Waals surface area (Å²) in [6.07, 6.45) is 3.82. The van der Waals surface area contributed by atoms with Crippen molar-refractivity contribution in [3.05, 3.63) is 18.5 Å². The van der Waals surface area contributed by atoms with E-state index < -0.39 is 23.8 Å². The van der Waals surface area contributed by atoms with Crippen LogP contribution >= 0.6 is 0 Å². The molecule has 1 aromatic heterocycles. The first-order valence-corrected chi connectivity index (χ1v) is 12.1. The average Bonchev–Trinajstić information content (AvgIpc) is 2.74. The van der Waals surface area contributed by atoms with E-state index in [2.05, 4.69) is 50.5 Å². The van der Waals surface area contributed by atoms with Crippen LogP contribution in [0, 0.1) is 0 Å². The minimum atomic E-state index is -3.48. The van der Waals surface area contributed by atoms with E-state index in [1.54, 1.807) is 6.07 Å². The lowest BCUT2D eigenvalue weighted by atomic mass is 10.1. The smallest absolute Gasteiger partial charge is 0.242 e. The van der Waals surface area contributed by atoms with Crippen LogP contribution < -0.4 is 4.72 Å². The predicted molar refractivity (Wildman–Crippen MR) is 101 cm³/mol. The molecule has 0 aromatic carbocycles. The Labute approximate surface area is 143 Å². The fourth-order valence-electron chi connectivity index (χ4n) is 4.13. The van der Waals surface area contributed by atoms with Crippen LogP contribution in [0.15, 0.2) is 23.4 Å². The van der Waals surface area contributed by atoms with Crippen molar-refractivity contribution < 1.29 is 8.42 Å². The van der Waals surface area contributed by atoms with Crippen LogP contribution in [0.5, 0.6) is 0 Å². The molecule has 0 aliphatic heterocycles. The highest BCUT2D eigenvalue weighted by molar-refractivity contribution is 7.89. The van der Waals surface area contributed by atoms with E-state index in [9.17, 15) is 8.42 Å². The Morgan fingerprint density at radius 3 is 1.78 bits per heavy atom. The van der Waals surface area contributed by atoms with Crippen molar-refractivity contribution >= 4 is 18.3 Å². The largest absolute Gasteiger partial charge is 0.378 e. The zero-order valence-electron chi connectivity index (χ0n) is 16.1. The monoisotopic (exact) mass is 358 g/mol. The van der Waals surface area contributed by atoms with Crippen LogP contribution in [0.1, 0.15) is 62.3 Å². The molecule has 0 saturated heterocycles. The molecule has 6 heteroatoms. The van der Waals surface area contributed by atoms with Crippen molar-refractivity contribution in [2.24, 2.45) is 0 Å². The van der Waals surface area contributed by atoms with Gasteiger partial charge in [-0.3, -0.25) is 0 Å². The van der Waals surface area contributed by atoms with Gasteiger partial charge in [-0.2, -0.15) is 0 Å². The molecule has 4 nitrogen and oxygen atoms in total. The fraction of sp³-hybridized carbons (Fsp3) is 0.765. The molecule has 1 N–H and O–H groups in total. The summed E-state index contributed by atoms with van der Waals surface area (Å²) in [4.78, 5) is 0.367. The van der Waals surface area contributed by atoms with Crippen LogP contribution in [0.2, 0.25) is 16.6 Å². The molecule has 0 radical (unpaired) electrons. The minimum absolute atomic E-state index is 0.367. The van der Waals surface area contributed by atoms with Crippen LogP contribution in [0.4, 0.5) is 0 Å². The summed E-state index contributed by atoms with van der Waals surface area (Å²) in [6, 6.07) is 1.74. The van der Waals surface area contributed by atoms with Crippen LogP contribution in [-0.2, 0) is 10.0 Å². The first-order chi connectivity index (χ1) is 10.2. The summed E-state index contributed by atoms with van der Waals surface area (Å²) in [6.45, 7) is 19.2. The lowest BCUT2D eigenvalue weighted by Crippen LogP contribution is -2.51. The first kappa shape index (κ1) is 20.5. The van der Waals surface area contributed by atoms with Crippen LogP contribution in [0.25, 0.3) is 0 Å². The van der Waals surface area contributed by atoms with E-state index in [0.29, 0.717) is 21.5 Å². The second-order valence-corrected chi connectivity index (χ2v) is 15.9. The lowest BCUT2D eigenvalue weighted by molar-refractivity contribution is 0.491. The molecular formula is C17H34N2O2SSi. The van der Waals surface area contributed by atoms with Gasteiger partial charge in [-0.25, -0.2) is 13.1 Å². The van der Waals surface area contributed by atoms with Crippen molar-refractivity contribution in [1.82, 2.24) is 8.95 Å². The van der Waals surface area contributed by atoms with Gasteiger partial charge in [0, 0.05) is 11.7 Å². The SMILES string of the molecule is CC(C)[Si](C(C)C)(C(C)C)n1ccc(S(=O)(=O)NC(C)(C)C)c1. The molecular weight excluding hydrogens is 324 g/mol. The van der Waals surface area contributed by atoms with Crippen LogP contribution in [0.3, 0.4) is 0 Å². The second-order valence-electron chi connectivity index (χ2n) is 8.46. The molecule has 0 aliphatic rings. The maximum Gasteiger partial charge on any atom is 0.242 e. The Balaban J connectivity index is 3.40. The van der Waals surface area contributed by atoms with Gasteiger partial charge in [0.15, 0.2) is 8.24 Å². The van der Waals surface area contributed by atoms with E-state index >= 15 is 0 Å². The molecule has 0 saturated carbocycles. The Morgan fingerprint density at radius 1 is 1.00 bits per heavy atom. The highest BCUT2D eigenvalue weighted by Gasteiger charge is 2.45. The number of hydrogen-bond acceptors (Lipinski definition) is 2. The summed E-state index contributed by atoms with van der Waals surface area (Å²) in [5.41, 5.74) is 1.10. The molecule has 0 amide bonds. The van der Waals surface area contributed by atoms with Crippen molar-refractivity contribution in [3.8, 4) is 0 Å². The summed E-state index contributed by atoms with van der Waals surface area (Å²) >= 11 is 0. The number of rotatable bonds is 6. The van der Waals surface area contributed by atoms with Gasteiger partial charge in [0.2, 0.25) is 10.0 Å². The van der Waals surface area contributed by atoms with Crippen LogP contribution in [-0.4, -0.2) is 26.4 Å².